The van der Waals surface area contributed by atoms with Crippen molar-refractivity contribution in [1.82, 2.24) is 9.78 Å². The Hall–Kier alpha value is -2.17. The van der Waals surface area contributed by atoms with Gasteiger partial charge in [0, 0.05) is 12.6 Å². The van der Waals surface area contributed by atoms with Crippen LogP contribution in [0.5, 0.6) is 0 Å². The maximum absolute atomic E-state index is 13.0. The van der Waals surface area contributed by atoms with Gasteiger partial charge in [-0.25, -0.2) is 4.39 Å². The van der Waals surface area contributed by atoms with Crippen LogP contribution in [0.4, 0.5) is 10.1 Å². The molecule has 1 heterocycles. The molecule has 0 saturated heterocycles. The molecule has 0 fully saturated rings. The molecule has 2 rings (SSSR count). The lowest BCUT2D eigenvalue weighted by molar-refractivity contribution is 0.102. The number of hydrogen-bond donors (Lipinski definition) is 1. The van der Waals surface area contributed by atoms with E-state index in [1.807, 2.05) is 6.92 Å². The van der Waals surface area contributed by atoms with Gasteiger partial charge in [-0.05, 0) is 25.1 Å². The van der Waals surface area contributed by atoms with Crippen molar-refractivity contribution >= 4 is 11.6 Å². The van der Waals surface area contributed by atoms with Crippen LogP contribution in [-0.4, -0.2) is 15.7 Å². The van der Waals surface area contributed by atoms with Gasteiger partial charge in [-0.1, -0.05) is 6.07 Å². The maximum atomic E-state index is 13.0. The Balaban J connectivity index is 2.20. The molecule has 5 heteroatoms. The van der Waals surface area contributed by atoms with E-state index < -0.39 is 5.82 Å². The zero-order valence-corrected chi connectivity index (χ0v) is 9.57. The molecular weight excluding hydrogens is 221 g/mol. The standard InChI is InChI=1S/C12H12FN3O/c1-8-11(7-14-16(8)2)15-12(17)9-4-3-5-10(13)6-9/h3-7H,1-2H3,(H,15,17). The number of anilines is 1. The van der Waals surface area contributed by atoms with E-state index >= 15 is 0 Å². The molecule has 0 unspecified atom stereocenters. The largest absolute Gasteiger partial charge is 0.319 e. The summed E-state index contributed by atoms with van der Waals surface area (Å²) in [6.07, 6.45) is 1.56. The number of nitrogens with one attached hydrogen (secondary N) is 1. The molecule has 17 heavy (non-hydrogen) atoms. The highest BCUT2D eigenvalue weighted by Gasteiger charge is 2.10. The van der Waals surface area contributed by atoms with Gasteiger partial charge in [0.05, 0.1) is 17.6 Å². The van der Waals surface area contributed by atoms with Crippen LogP contribution in [0, 0.1) is 12.7 Å². The molecule has 1 N–H and O–H groups in total. The van der Waals surface area contributed by atoms with Crippen LogP contribution in [0.3, 0.4) is 0 Å². The third-order valence-electron chi connectivity index (χ3n) is 2.57. The van der Waals surface area contributed by atoms with Crippen LogP contribution in [-0.2, 0) is 7.05 Å². The van der Waals surface area contributed by atoms with Crippen molar-refractivity contribution < 1.29 is 9.18 Å². The van der Waals surface area contributed by atoms with E-state index in [0.717, 1.165) is 5.69 Å². The monoisotopic (exact) mass is 233 g/mol. The first-order valence-electron chi connectivity index (χ1n) is 5.13. The lowest BCUT2D eigenvalue weighted by atomic mass is 10.2. The Bertz CT molecular complexity index is 563. The van der Waals surface area contributed by atoms with Gasteiger partial charge in [-0.2, -0.15) is 5.10 Å². The quantitative estimate of drug-likeness (QED) is 0.863. The Morgan fingerprint density at radius 1 is 1.47 bits per heavy atom. The molecule has 88 valence electrons. The number of hydrogen-bond acceptors (Lipinski definition) is 2. The van der Waals surface area contributed by atoms with E-state index in [-0.39, 0.29) is 11.5 Å². The van der Waals surface area contributed by atoms with Gasteiger partial charge in [0.2, 0.25) is 0 Å². The minimum Gasteiger partial charge on any atom is -0.319 e. The molecule has 1 aromatic heterocycles. The second-order valence-corrected chi connectivity index (χ2v) is 3.73. The highest BCUT2D eigenvalue weighted by atomic mass is 19.1. The Morgan fingerprint density at radius 2 is 2.24 bits per heavy atom. The van der Waals surface area contributed by atoms with E-state index in [1.54, 1.807) is 24.0 Å². The van der Waals surface area contributed by atoms with Crippen molar-refractivity contribution in [3.8, 4) is 0 Å². The number of rotatable bonds is 2. The summed E-state index contributed by atoms with van der Waals surface area (Å²) < 4.78 is 14.6. The van der Waals surface area contributed by atoms with Gasteiger partial charge >= 0.3 is 0 Å². The number of carbonyl (C=O) groups is 1. The van der Waals surface area contributed by atoms with Crippen molar-refractivity contribution in [1.29, 1.82) is 0 Å². The molecule has 0 aliphatic carbocycles. The van der Waals surface area contributed by atoms with Crippen molar-refractivity contribution in [3.05, 3.63) is 47.5 Å². The number of aromatic nitrogens is 2. The molecule has 0 aliphatic heterocycles. The van der Waals surface area contributed by atoms with Crippen molar-refractivity contribution in [2.75, 3.05) is 5.32 Å². The van der Waals surface area contributed by atoms with Gasteiger partial charge in [0.15, 0.2) is 0 Å². The summed E-state index contributed by atoms with van der Waals surface area (Å²) in [6.45, 7) is 1.84. The number of benzene rings is 1. The third-order valence-corrected chi connectivity index (χ3v) is 2.57. The van der Waals surface area contributed by atoms with Crippen molar-refractivity contribution in [2.45, 2.75) is 6.92 Å². The van der Waals surface area contributed by atoms with E-state index in [2.05, 4.69) is 10.4 Å². The van der Waals surface area contributed by atoms with Gasteiger partial charge in [0.25, 0.3) is 5.91 Å². The minimum atomic E-state index is -0.430. The molecule has 0 bridgehead atoms. The molecule has 4 nitrogen and oxygen atoms in total. The van der Waals surface area contributed by atoms with Crippen LogP contribution >= 0.6 is 0 Å². The molecule has 0 radical (unpaired) electrons. The van der Waals surface area contributed by atoms with Crippen LogP contribution in [0.15, 0.2) is 30.5 Å². The molecule has 0 saturated carbocycles. The summed E-state index contributed by atoms with van der Waals surface area (Å²) in [5.74, 6) is -0.777. The summed E-state index contributed by atoms with van der Waals surface area (Å²) in [5, 5.41) is 6.69. The van der Waals surface area contributed by atoms with Crippen LogP contribution in [0.25, 0.3) is 0 Å². The van der Waals surface area contributed by atoms with E-state index in [4.69, 9.17) is 0 Å². The topological polar surface area (TPSA) is 46.9 Å². The summed E-state index contributed by atoms with van der Waals surface area (Å²) >= 11 is 0. The predicted molar refractivity (Wildman–Crippen MR) is 62.3 cm³/mol. The molecule has 2 aromatic rings. The first kappa shape index (κ1) is 11.3. The number of carbonyl (C=O) groups excluding carboxylic acids is 1. The zero-order valence-electron chi connectivity index (χ0n) is 9.57. The predicted octanol–water partition coefficient (Wildman–Crippen LogP) is 2.12. The molecule has 1 amide bonds. The average Bonchev–Trinajstić information content (AvgIpc) is 2.61. The Kier molecular flexibility index (Phi) is 2.91. The average molecular weight is 233 g/mol. The number of halogens is 1. The van der Waals surface area contributed by atoms with Crippen LogP contribution in [0.1, 0.15) is 16.1 Å². The van der Waals surface area contributed by atoms with Gasteiger partial charge < -0.3 is 5.32 Å². The molecule has 1 aromatic carbocycles. The van der Waals surface area contributed by atoms with Crippen molar-refractivity contribution in [2.24, 2.45) is 7.05 Å². The fourth-order valence-electron chi connectivity index (χ4n) is 1.45. The van der Waals surface area contributed by atoms with Gasteiger partial charge in [-0.3, -0.25) is 9.48 Å². The fourth-order valence-corrected chi connectivity index (χ4v) is 1.45. The SMILES string of the molecule is Cc1c(NC(=O)c2cccc(F)c2)cnn1C. The second-order valence-electron chi connectivity index (χ2n) is 3.73. The lowest BCUT2D eigenvalue weighted by Gasteiger charge is -2.04. The minimum absolute atomic E-state index is 0.285. The Labute approximate surface area is 98.1 Å². The Morgan fingerprint density at radius 3 is 2.82 bits per heavy atom. The highest BCUT2D eigenvalue weighted by molar-refractivity contribution is 6.04. The van der Waals surface area contributed by atoms with Gasteiger partial charge in [-0.15, -0.1) is 0 Å². The smallest absolute Gasteiger partial charge is 0.255 e. The zero-order chi connectivity index (χ0) is 12.4. The summed E-state index contributed by atoms with van der Waals surface area (Å²) in [5.41, 5.74) is 1.75. The first-order valence-corrected chi connectivity index (χ1v) is 5.13. The number of amides is 1. The van der Waals surface area contributed by atoms with Gasteiger partial charge in [0.1, 0.15) is 5.82 Å². The fraction of sp³-hybridized carbons (Fsp3) is 0.167. The second kappa shape index (κ2) is 4.37. The van der Waals surface area contributed by atoms with E-state index in [1.165, 1.54) is 18.2 Å². The number of nitrogens with zero attached hydrogens (tertiary/aromatic N) is 2. The third kappa shape index (κ3) is 2.33. The van der Waals surface area contributed by atoms with E-state index in [0.29, 0.717) is 5.69 Å². The summed E-state index contributed by atoms with van der Waals surface area (Å²) in [4.78, 5) is 11.8. The van der Waals surface area contributed by atoms with Crippen molar-refractivity contribution in [3.63, 3.8) is 0 Å². The normalized spacial score (nSPS) is 10.3. The van der Waals surface area contributed by atoms with Crippen LogP contribution in [0.2, 0.25) is 0 Å². The molecule has 0 atom stereocenters. The maximum Gasteiger partial charge on any atom is 0.255 e. The number of aryl methyl sites for hydroxylation is 1. The lowest BCUT2D eigenvalue weighted by Crippen LogP contribution is -2.12. The summed E-state index contributed by atoms with van der Waals surface area (Å²) in [6, 6.07) is 5.55. The van der Waals surface area contributed by atoms with E-state index in [9.17, 15) is 9.18 Å². The molecular formula is C12H12FN3O. The molecule has 0 spiro atoms. The summed E-state index contributed by atoms with van der Waals surface area (Å²) in [7, 11) is 1.78. The van der Waals surface area contributed by atoms with Crippen LogP contribution < -0.4 is 5.32 Å². The first-order chi connectivity index (χ1) is 8.08. The molecule has 0 aliphatic rings. The highest BCUT2D eigenvalue weighted by Crippen LogP contribution is 2.14.